The highest BCUT2D eigenvalue weighted by molar-refractivity contribution is 6.39. The van der Waals surface area contributed by atoms with Gasteiger partial charge in [-0.2, -0.15) is 5.10 Å². The Morgan fingerprint density at radius 2 is 2.17 bits per heavy atom. The molecule has 0 fully saturated rings. The molecule has 2 amide bonds. The van der Waals surface area contributed by atoms with Crippen LogP contribution in [-0.4, -0.2) is 35.6 Å². The van der Waals surface area contributed by atoms with Gasteiger partial charge in [-0.25, -0.2) is 5.01 Å². The Hall–Kier alpha value is -1.39. The summed E-state index contributed by atoms with van der Waals surface area (Å²) in [6, 6.07) is 0.162. The van der Waals surface area contributed by atoms with Gasteiger partial charge in [0.1, 0.15) is 5.71 Å². The van der Waals surface area contributed by atoms with Gasteiger partial charge in [0.2, 0.25) is 5.91 Å². The number of rotatable bonds is 6. The fourth-order valence-corrected chi connectivity index (χ4v) is 1.91. The van der Waals surface area contributed by atoms with Crippen molar-refractivity contribution in [3.63, 3.8) is 0 Å². The minimum Gasteiger partial charge on any atom is -0.348 e. The van der Waals surface area contributed by atoms with Gasteiger partial charge < -0.3 is 5.32 Å². The van der Waals surface area contributed by atoms with Gasteiger partial charge in [0.05, 0.1) is 0 Å². The topological polar surface area (TPSA) is 61.8 Å². The SMILES string of the molecule is CCCCCC(C)NC(=O)C1=NN(C)C(=O)CC1. The molecule has 0 aromatic heterocycles. The second kappa shape index (κ2) is 7.13. The summed E-state index contributed by atoms with van der Waals surface area (Å²) in [6.07, 6.45) is 5.30. The van der Waals surface area contributed by atoms with E-state index < -0.39 is 0 Å². The number of carbonyl (C=O) groups excluding carboxylic acids is 2. The van der Waals surface area contributed by atoms with Crippen molar-refractivity contribution in [1.82, 2.24) is 10.3 Å². The number of unbranched alkanes of at least 4 members (excludes halogenated alkanes) is 2. The first-order valence-corrected chi connectivity index (χ1v) is 6.69. The number of nitrogens with zero attached hydrogens (tertiary/aromatic N) is 2. The predicted octanol–water partition coefficient (Wildman–Crippen LogP) is 1.68. The van der Waals surface area contributed by atoms with Crippen molar-refractivity contribution >= 4 is 17.5 Å². The molecule has 18 heavy (non-hydrogen) atoms. The molecular formula is C13H23N3O2. The van der Waals surface area contributed by atoms with E-state index in [9.17, 15) is 9.59 Å². The van der Waals surface area contributed by atoms with Crippen molar-refractivity contribution in [3.05, 3.63) is 0 Å². The monoisotopic (exact) mass is 253 g/mol. The molecule has 0 aliphatic carbocycles. The molecule has 0 spiro atoms. The summed E-state index contributed by atoms with van der Waals surface area (Å²) in [5, 5.41) is 8.19. The van der Waals surface area contributed by atoms with Crippen molar-refractivity contribution in [1.29, 1.82) is 0 Å². The largest absolute Gasteiger partial charge is 0.348 e. The molecule has 0 bridgehead atoms. The summed E-state index contributed by atoms with van der Waals surface area (Å²) in [5.74, 6) is -0.180. The lowest BCUT2D eigenvalue weighted by molar-refractivity contribution is -0.130. The Morgan fingerprint density at radius 3 is 2.78 bits per heavy atom. The van der Waals surface area contributed by atoms with Gasteiger partial charge in [0, 0.05) is 25.9 Å². The van der Waals surface area contributed by atoms with Crippen LogP contribution in [0.3, 0.4) is 0 Å². The Kier molecular flexibility index (Phi) is 5.82. The van der Waals surface area contributed by atoms with Gasteiger partial charge in [0.15, 0.2) is 0 Å². The van der Waals surface area contributed by atoms with Gasteiger partial charge in [-0.3, -0.25) is 9.59 Å². The zero-order chi connectivity index (χ0) is 13.5. The van der Waals surface area contributed by atoms with Crippen LogP contribution in [0.5, 0.6) is 0 Å². The van der Waals surface area contributed by atoms with Crippen LogP contribution in [0.4, 0.5) is 0 Å². The van der Waals surface area contributed by atoms with Crippen LogP contribution in [0.15, 0.2) is 5.10 Å². The maximum absolute atomic E-state index is 11.9. The van der Waals surface area contributed by atoms with Crippen LogP contribution < -0.4 is 5.32 Å². The molecule has 0 aromatic carbocycles. The van der Waals surface area contributed by atoms with Crippen molar-refractivity contribution in [2.45, 2.75) is 58.4 Å². The molecule has 0 radical (unpaired) electrons. The fourth-order valence-electron chi connectivity index (χ4n) is 1.91. The van der Waals surface area contributed by atoms with Crippen molar-refractivity contribution in [2.75, 3.05) is 7.05 Å². The molecule has 1 N–H and O–H groups in total. The molecule has 0 saturated heterocycles. The fraction of sp³-hybridized carbons (Fsp3) is 0.769. The highest BCUT2D eigenvalue weighted by atomic mass is 16.2. The summed E-state index contributed by atoms with van der Waals surface area (Å²) >= 11 is 0. The van der Waals surface area contributed by atoms with E-state index in [1.54, 1.807) is 7.05 Å². The van der Waals surface area contributed by atoms with Crippen LogP contribution in [0, 0.1) is 0 Å². The average molecular weight is 253 g/mol. The number of hydrogen-bond donors (Lipinski definition) is 1. The number of amides is 2. The number of hydrogen-bond acceptors (Lipinski definition) is 3. The standard InChI is InChI=1S/C13H23N3O2/c1-4-5-6-7-10(2)14-13(18)11-8-9-12(17)16(3)15-11/h10H,4-9H2,1-3H3,(H,14,18). The van der Waals surface area contributed by atoms with E-state index in [0.717, 1.165) is 12.8 Å². The highest BCUT2D eigenvalue weighted by Crippen LogP contribution is 2.08. The third kappa shape index (κ3) is 4.47. The van der Waals surface area contributed by atoms with Crippen LogP contribution in [0.2, 0.25) is 0 Å². The first-order valence-electron chi connectivity index (χ1n) is 6.69. The molecular weight excluding hydrogens is 230 g/mol. The second-order valence-corrected chi connectivity index (χ2v) is 4.83. The lowest BCUT2D eigenvalue weighted by Crippen LogP contribution is -2.41. The quantitative estimate of drug-likeness (QED) is 0.732. The number of carbonyl (C=O) groups is 2. The van der Waals surface area contributed by atoms with Crippen molar-refractivity contribution < 1.29 is 9.59 Å². The molecule has 5 nitrogen and oxygen atoms in total. The zero-order valence-corrected chi connectivity index (χ0v) is 11.5. The normalized spacial score (nSPS) is 17.4. The lowest BCUT2D eigenvalue weighted by Gasteiger charge is -2.20. The number of hydrazone groups is 1. The summed E-state index contributed by atoms with van der Waals surface area (Å²) in [4.78, 5) is 23.2. The van der Waals surface area contributed by atoms with E-state index in [2.05, 4.69) is 17.3 Å². The smallest absolute Gasteiger partial charge is 0.267 e. The molecule has 1 aliphatic heterocycles. The van der Waals surface area contributed by atoms with E-state index in [1.165, 1.54) is 17.9 Å². The minimum absolute atomic E-state index is 0.0393. The molecule has 102 valence electrons. The van der Waals surface area contributed by atoms with Gasteiger partial charge in [-0.1, -0.05) is 26.2 Å². The van der Waals surface area contributed by atoms with Gasteiger partial charge in [-0.15, -0.1) is 0 Å². The maximum atomic E-state index is 11.9. The van der Waals surface area contributed by atoms with Crippen LogP contribution in [-0.2, 0) is 9.59 Å². The third-order valence-electron chi connectivity index (χ3n) is 3.09. The summed E-state index contributed by atoms with van der Waals surface area (Å²) in [6.45, 7) is 4.17. The number of nitrogens with one attached hydrogen (secondary N) is 1. The minimum atomic E-state index is -0.140. The molecule has 0 aromatic rings. The Bertz CT molecular complexity index is 339. The average Bonchev–Trinajstić information content (AvgIpc) is 2.33. The zero-order valence-electron chi connectivity index (χ0n) is 11.5. The van der Waals surface area contributed by atoms with Gasteiger partial charge in [0.25, 0.3) is 5.91 Å². The Morgan fingerprint density at radius 1 is 1.44 bits per heavy atom. The van der Waals surface area contributed by atoms with Crippen LogP contribution in [0.25, 0.3) is 0 Å². The first kappa shape index (κ1) is 14.7. The molecule has 5 heteroatoms. The van der Waals surface area contributed by atoms with Gasteiger partial charge >= 0.3 is 0 Å². The van der Waals surface area contributed by atoms with Crippen LogP contribution >= 0.6 is 0 Å². The second-order valence-electron chi connectivity index (χ2n) is 4.83. The highest BCUT2D eigenvalue weighted by Gasteiger charge is 2.22. The van der Waals surface area contributed by atoms with Crippen LogP contribution in [0.1, 0.15) is 52.4 Å². The lowest BCUT2D eigenvalue weighted by atomic mass is 10.1. The third-order valence-corrected chi connectivity index (χ3v) is 3.09. The Balaban J connectivity index is 2.41. The Labute approximate surface area is 109 Å². The maximum Gasteiger partial charge on any atom is 0.267 e. The molecule has 1 rings (SSSR count). The van der Waals surface area contributed by atoms with Crippen molar-refractivity contribution in [3.8, 4) is 0 Å². The first-order chi connectivity index (χ1) is 8.54. The van der Waals surface area contributed by atoms with E-state index in [0.29, 0.717) is 18.6 Å². The molecule has 1 unspecified atom stereocenters. The van der Waals surface area contributed by atoms with E-state index >= 15 is 0 Å². The summed E-state index contributed by atoms with van der Waals surface area (Å²) in [7, 11) is 1.58. The van der Waals surface area contributed by atoms with E-state index in [-0.39, 0.29) is 17.9 Å². The van der Waals surface area contributed by atoms with Gasteiger partial charge in [-0.05, 0) is 13.3 Å². The van der Waals surface area contributed by atoms with E-state index in [4.69, 9.17) is 0 Å². The van der Waals surface area contributed by atoms with E-state index in [1.807, 2.05) is 6.92 Å². The summed E-state index contributed by atoms with van der Waals surface area (Å²) < 4.78 is 0. The molecule has 0 saturated carbocycles. The molecule has 1 atom stereocenters. The molecule has 1 aliphatic rings. The predicted molar refractivity (Wildman–Crippen MR) is 71.2 cm³/mol. The molecule has 1 heterocycles. The summed E-state index contributed by atoms with van der Waals surface area (Å²) in [5.41, 5.74) is 0.458. The van der Waals surface area contributed by atoms with Crippen molar-refractivity contribution in [2.24, 2.45) is 5.10 Å².